The lowest BCUT2D eigenvalue weighted by Crippen LogP contribution is -2.53. The smallest absolute Gasteiger partial charge is 0.435 e. The SMILES string of the molecule is O=C1COc2cc(C(=O)N3CC[C@@]4(S(=O)(=O)c5ccc(F)cc5)c5ccc(C(F)(C(F)(F)F)C(F)(F)F)cc5CC[C@@H]34)ccc2N1. The fourth-order valence-corrected chi connectivity index (χ4v) is 9.04. The number of nitrogens with one attached hydrogen (secondary N) is 1. The Hall–Kier alpha value is -4.21. The first-order chi connectivity index (χ1) is 21.4. The highest BCUT2D eigenvalue weighted by molar-refractivity contribution is 7.92. The van der Waals surface area contributed by atoms with E-state index in [0.717, 1.165) is 30.3 Å². The zero-order chi connectivity index (χ0) is 33.4. The molecule has 2 atom stereocenters. The minimum Gasteiger partial charge on any atom is -0.482 e. The van der Waals surface area contributed by atoms with Gasteiger partial charge in [0.15, 0.2) is 16.4 Å². The summed E-state index contributed by atoms with van der Waals surface area (Å²) in [6.07, 6.45) is -13.6. The Morgan fingerprint density at radius 3 is 2.26 bits per heavy atom. The summed E-state index contributed by atoms with van der Waals surface area (Å²) in [5.41, 5.74) is -7.58. The molecule has 2 heterocycles. The van der Waals surface area contributed by atoms with Gasteiger partial charge in [0.2, 0.25) is 0 Å². The number of alkyl halides is 7. The number of anilines is 1. The minimum atomic E-state index is -6.38. The molecule has 0 bridgehead atoms. The average molecular weight is 675 g/mol. The fourth-order valence-electron chi connectivity index (χ4n) is 6.67. The Kier molecular flexibility index (Phi) is 7.18. The molecule has 3 aliphatic rings. The van der Waals surface area contributed by atoms with Crippen molar-refractivity contribution in [3.8, 4) is 5.75 Å². The second-order valence-corrected chi connectivity index (χ2v) is 13.4. The molecular formula is C30H22F8N2O5S. The van der Waals surface area contributed by atoms with E-state index >= 15 is 4.39 Å². The van der Waals surface area contributed by atoms with Crippen molar-refractivity contribution in [3.05, 3.63) is 88.7 Å². The van der Waals surface area contributed by atoms with Crippen molar-refractivity contribution in [3.63, 3.8) is 0 Å². The molecule has 0 radical (unpaired) electrons. The number of nitrogens with zero attached hydrogens (tertiary/aromatic N) is 1. The van der Waals surface area contributed by atoms with Gasteiger partial charge in [-0.15, -0.1) is 0 Å². The summed E-state index contributed by atoms with van der Waals surface area (Å²) >= 11 is 0. The number of benzene rings is 3. The number of halogens is 8. The number of hydrogen-bond donors (Lipinski definition) is 1. The van der Waals surface area contributed by atoms with E-state index < -0.39 is 66.7 Å². The predicted molar refractivity (Wildman–Crippen MR) is 145 cm³/mol. The van der Waals surface area contributed by atoms with Gasteiger partial charge in [0, 0.05) is 17.7 Å². The summed E-state index contributed by atoms with van der Waals surface area (Å²) in [6.45, 7) is -0.504. The predicted octanol–water partition coefficient (Wildman–Crippen LogP) is 5.98. The van der Waals surface area contributed by atoms with Crippen molar-refractivity contribution in [2.24, 2.45) is 0 Å². The van der Waals surface area contributed by atoms with Crippen LogP contribution in [0.1, 0.15) is 39.9 Å². The summed E-state index contributed by atoms with van der Waals surface area (Å²) in [6, 6.07) is 8.05. The van der Waals surface area contributed by atoms with Gasteiger partial charge in [0.1, 0.15) is 16.3 Å². The van der Waals surface area contributed by atoms with Gasteiger partial charge >= 0.3 is 18.0 Å². The summed E-state index contributed by atoms with van der Waals surface area (Å²) < 4.78 is 142. The van der Waals surface area contributed by atoms with Crippen LogP contribution in [0.3, 0.4) is 0 Å². The first-order valence-electron chi connectivity index (χ1n) is 13.8. The monoisotopic (exact) mass is 674 g/mol. The molecule has 3 aromatic carbocycles. The van der Waals surface area contributed by atoms with Crippen LogP contribution >= 0.6 is 0 Å². The van der Waals surface area contributed by atoms with Crippen LogP contribution in [-0.4, -0.2) is 56.7 Å². The van der Waals surface area contributed by atoms with Crippen molar-refractivity contribution < 1.29 is 57.9 Å². The molecule has 1 aliphatic carbocycles. The molecule has 1 N–H and O–H groups in total. The lowest BCUT2D eigenvalue weighted by atomic mass is 9.76. The zero-order valence-corrected chi connectivity index (χ0v) is 24.1. The molecule has 46 heavy (non-hydrogen) atoms. The highest BCUT2D eigenvalue weighted by Gasteiger charge is 2.74. The van der Waals surface area contributed by atoms with Crippen molar-refractivity contribution in [2.75, 3.05) is 18.5 Å². The topological polar surface area (TPSA) is 92.8 Å². The van der Waals surface area contributed by atoms with E-state index in [0.29, 0.717) is 11.8 Å². The van der Waals surface area contributed by atoms with Crippen LogP contribution in [0.15, 0.2) is 65.6 Å². The van der Waals surface area contributed by atoms with Crippen molar-refractivity contribution >= 4 is 27.3 Å². The molecule has 3 aromatic rings. The standard InChI is InChI=1S/C30H22F8N2O5S/c31-19-4-6-20(7-5-19)46(43,44)27-11-12-40(26(42)17-1-9-22-23(14-17)45-15-25(41)39-22)24(27)10-2-16-13-18(3-8-21(16)27)28(32,29(33,34)35)30(36,37)38/h1,3-9,13-14,24H,2,10-12,15H2,(H,39,41)/t24-,27-/m1/s1. The van der Waals surface area contributed by atoms with Gasteiger partial charge in [-0.1, -0.05) is 18.2 Å². The van der Waals surface area contributed by atoms with Gasteiger partial charge in [-0.25, -0.2) is 17.2 Å². The maximum absolute atomic E-state index is 15.0. The number of hydrogen-bond acceptors (Lipinski definition) is 5. The van der Waals surface area contributed by atoms with Crippen LogP contribution in [0.5, 0.6) is 5.75 Å². The van der Waals surface area contributed by atoms with Crippen LogP contribution in [0.25, 0.3) is 0 Å². The van der Waals surface area contributed by atoms with Crippen LogP contribution in [0.4, 0.5) is 40.8 Å². The number of sulfone groups is 1. The molecule has 6 rings (SSSR count). The number of amides is 2. The molecule has 0 spiro atoms. The first kappa shape index (κ1) is 31.8. The summed E-state index contributed by atoms with van der Waals surface area (Å²) in [7, 11) is -4.64. The minimum absolute atomic E-state index is 0.0589. The zero-order valence-electron chi connectivity index (χ0n) is 23.3. The number of aryl methyl sites for hydroxylation is 1. The number of carbonyl (C=O) groups excluding carboxylic acids is 2. The van der Waals surface area contributed by atoms with E-state index in [1.165, 1.54) is 23.1 Å². The molecule has 16 heteroatoms. The number of ether oxygens (including phenoxy) is 1. The molecule has 2 aliphatic heterocycles. The number of carbonyl (C=O) groups is 2. The maximum atomic E-state index is 15.0. The van der Waals surface area contributed by atoms with Gasteiger partial charge in [0.25, 0.3) is 11.8 Å². The Morgan fingerprint density at radius 2 is 1.61 bits per heavy atom. The third-order valence-electron chi connectivity index (χ3n) is 8.79. The van der Waals surface area contributed by atoms with E-state index in [4.69, 9.17) is 4.74 Å². The van der Waals surface area contributed by atoms with Crippen LogP contribution < -0.4 is 10.1 Å². The normalized spacial score (nSPS) is 21.5. The van der Waals surface area contributed by atoms with Crippen molar-refractivity contribution in [1.29, 1.82) is 0 Å². The Balaban J connectivity index is 1.49. The second kappa shape index (κ2) is 10.4. The van der Waals surface area contributed by atoms with Gasteiger partial charge in [-0.3, -0.25) is 9.59 Å². The summed E-state index contributed by atoms with van der Waals surface area (Å²) in [5, 5.41) is 2.57. The number of likely N-dealkylation sites (tertiary alicyclic amines) is 1. The maximum Gasteiger partial charge on any atom is 0.435 e. The van der Waals surface area contributed by atoms with Gasteiger partial charge < -0.3 is 15.0 Å². The highest BCUT2D eigenvalue weighted by atomic mass is 32.2. The lowest BCUT2D eigenvalue weighted by Gasteiger charge is -2.43. The van der Waals surface area contributed by atoms with E-state index in [1.54, 1.807) is 0 Å². The summed E-state index contributed by atoms with van der Waals surface area (Å²) in [5.74, 6) is -1.66. The highest BCUT2D eigenvalue weighted by Crippen LogP contribution is 2.57. The Labute approximate surface area is 256 Å². The lowest BCUT2D eigenvalue weighted by molar-refractivity contribution is -0.348. The summed E-state index contributed by atoms with van der Waals surface area (Å²) in [4.78, 5) is 26.4. The molecule has 1 fully saturated rings. The van der Waals surface area contributed by atoms with Crippen molar-refractivity contribution in [2.45, 2.75) is 53.0 Å². The van der Waals surface area contributed by atoms with Gasteiger partial charge in [-0.05, 0) is 72.9 Å². The largest absolute Gasteiger partial charge is 0.482 e. The van der Waals surface area contributed by atoms with Gasteiger partial charge in [0.05, 0.1) is 16.6 Å². The second-order valence-electron chi connectivity index (χ2n) is 11.2. The average Bonchev–Trinajstić information content (AvgIpc) is 3.40. The van der Waals surface area contributed by atoms with Crippen LogP contribution in [-0.2, 0) is 31.5 Å². The van der Waals surface area contributed by atoms with Crippen LogP contribution in [0.2, 0.25) is 0 Å². The molecule has 0 saturated carbocycles. The molecule has 7 nitrogen and oxygen atoms in total. The molecular weight excluding hydrogens is 652 g/mol. The molecule has 1 saturated heterocycles. The van der Waals surface area contributed by atoms with E-state index in [2.05, 4.69) is 5.32 Å². The van der Waals surface area contributed by atoms with E-state index in [-0.39, 0.29) is 60.9 Å². The molecule has 0 unspecified atom stereocenters. The number of rotatable bonds is 4. The third-order valence-corrected chi connectivity index (χ3v) is 11.3. The molecule has 2 amide bonds. The van der Waals surface area contributed by atoms with E-state index in [9.17, 15) is 48.7 Å². The van der Waals surface area contributed by atoms with Gasteiger partial charge in [-0.2, -0.15) is 26.3 Å². The fraction of sp³-hybridized carbons (Fsp3) is 0.333. The first-order valence-corrected chi connectivity index (χ1v) is 15.2. The Bertz CT molecular complexity index is 1850. The quantitative estimate of drug-likeness (QED) is 0.272. The van der Waals surface area contributed by atoms with E-state index in [1.807, 2.05) is 0 Å². The molecule has 0 aromatic heterocycles. The third kappa shape index (κ3) is 4.54. The van der Waals surface area contributed by atoms with Crippen molar-refractivity contribution in [1.82, 2.24) is 4.90 Å². The Morgan fingerprint density at radius 1 is 0.935 bits per heavy atom. The number of fused-ring (bicyclic) bond motifs is 4. The van der Waals surface area contributed by atoms with Crippen LogP contribution in [0, 0.1) is 5.82 Å². The molecule has 244 valence electrons.